The number of rotatable bonds is 4. The Morgan fingerprint density at radius 1 is 1.17 bits per heavy atom. The van der Waals surface area contributed by atoms with Crippen molar-refractivity contribution in [2.75, 3.05) is 18.6 Å². The van der Waals surface area contributed by atoms with E-state index in [4.69, 9.17) is 20.9 Å². The summed E-state index contributed by atoms with van der Waals surface area (Å²) in [6.07, 6.45) is 0.292. The Morgan fingerprint density at radius 2 is 1.90 bits per heavy atom. The summed E-state index contributed by atoms with van der Waals surface area (Å²) in [6, 6.07) is 13.4. The number of aromatic nitrogens is 2. The van der Waals surface area contributed by atoms with E-state index in [1.807, 2.05) is 12.1 Å². The lowest BCUT2D eigenvalue weighted by Crippen LogP contribution is -2.24. The number of amides is 1. The topological polar surface area (TPSA) is 68.5 Å². The zero-order chi connectivity index (χ0) is 21.5. The molecule has 6 nitrogen and oxygen atoms in total. The number of carbonyl (C=O) groups is 1. The monoisotopic (exact) mass is 425 g/mol. The fourth-order valence-electron chi connectivity index (χ4n) is 3.62. The number of anilines is 1. The largest absolute Gasteiger partial charge is 0.495 e. The van der Waals surface area contributed by atoms with Gasteiger partial charge in [0.05, 0.1) is 18.7 Å². The maximum atomic E-state index is 12.7. The van der Waals surface area contributed by atoms with Crippen molar-refractivity contribution in [2.24, 2.45) is 0 Å². The zero-order valence-electron chi connectivity index (χ0n) is 17.5. The Labute approximate surface area is 180 Å². The standard InChI is InChI=1S/C23H24ClN3O3/c1-23(2,3)16-7-5-14(6-8-16)21-25-22(30-26-21)15-11-20(28)27(13-15)18-12-17(24)9-10-19(18)29-4/h5-10,12,15H,11,13H2,1-4H3. The van der Waals surface area contributed by atoms with Crippen molar-refractivity contribution >= 4 is 23.2 Å². The Bertz CT molecular complexity index is 1070. The molecule has 1 unspecified atom stereocenters. The smallest absolute Gasteiger partial charge is 0.232 e. The molecular weight excluding hydrogens is 402 g/mol. The third-order valence-corrected chi connectivity index (χ3v) is 5.59. The van der Waals surface area contributed by atoms with Crippen LogP contribution >= 0.6 is 11.6 Å². The van der Waals surface area contributed by atoms with Crippen LogP contribution in [0.5, 0.6) is 5.75 Å². The quantitative estimate of drug-likeness (QED) is 0.573. The summed E-state index contributed by atoms with van der Waals surface area (Å²) in [7, 11) is 1.57. The van der Waals surface area contributed by atoms with E-state index >= 15 is 0 Å². The highest BCUT2D eigenvalue weighted by Crippen LogP contribution is 2.38. The minimum atomic E-state index is -0.184. The predicted octanol–water partition coefficient (Wildman–Crippen LogP) is 5.22. The average molecular weight is 426 g/mol. The molecule has 1 aliphatic heterocycles. The second-order valence-corrected chi connectivity index (χ2v) is 8.94. The number of halogens is 1. The molecule has 0 saturated carbocycles. The van der Waals surface area contributed by atoms with E-state index in [1.165, 1.54) is 5.56 Å². The third kappa shape index (κ3) is 3.92. The van der Waals surface area contributed by atoms with Gasteiger partial charge >= 0.3 is 0 Å². The van der Waals surface area contributed by atoms with Gasteiger partial charge in [0.1, 0.15) is 5.75 Å². The van der Waals surface area contributed by atoms with E-state index in [0.717, 1.165) is 5.56 Å². The van der Waals surface area contributed by atoms with Gasteiger partial charge in [-0.3, -0.25) is 4.79 Å². The Morgan fingerprint density at radius 3 is 2.57 bits per heavy atom. The average Bonchev–Trinajstić information content (AvgIpc) is 3.34. The van der Waals surface area contributed by atoms with Crippen LogP contribution in [0.4, 0.5) is 5.69 Å². The highest BCUT2D eigenvalue weighted by atomic mass is 35.5. The second kappa shape index (κ2) is 7.76. The molecule has 0 bridgehead atoms. The van der Waals surface area contributed by atoms with Gasteiger partial charge in [-0.2, -0.15) is 4.98 Å². The van der Waals surface area contributed by atoms with Crippen molar-refractivity contribution in [3.63, 3.8) is 0 Å². The van der Waals surface area contributed by atoms with Crippen LogP contribution in [-0.2, 0) is 10.2 Å². The molecule has 3 aromatic rings. The summed E-state index contributed by atoms with van der Waals surface area (Å²) in [5.41, 5.74) is 2.85. The summed E-state index contributed by atoms with van der Waals surface area (Å²) >= 11 is 6.13. The van der Waals surface area contributed by atoms with Crippen molar-refractivity contribution in [2.45, 2.75) is 38.5 Å². The number of carbonyl (C=O) groups excluding carboxylic acids is 1. The molecule has 0 aliphatic carbocycles. The van der Waals surface area contributed by atoms with Gasteiger partial charge in [0.2, 0.25) is 17.6 Å². The van der Waals surface area contributed by atoms with E-state index in [2.05, 4.69) is 43.0 Å². The molecule has 4 rings (SSSR count). The Kier molecular flexibility index (Phi) is 5.28. The molecule has 1 saturated heterocycles. The number of hydrogen-bond donors (Lipinski definition) is 0. The Balaban J connectivity index is 1.55. The number of benzene rings is 2. The first-order valence-electron chi connectivity index (χ1n) is 9.84. The van der Waals surface area contributed by atoms with Crippen molar-refractivity contribution in [1.82, 2.24) is 10.1 Å². The van der Waals surface area contributed by atoms with Gasteiger partial charge in [-0.25, -0.2) is 0 Å². The van der Waals surface area contributed by atoms with Crippen LogP contribution < -0.4 is 9.64 Å². The number of hydrogen-bond acceptors (Lipinski definition) is 5. The van der Waals surface area contributed by atoms with Crippen LogP contribution in [0.2, 0.25) is 5.02 Å². The predicted molar refractivity (Wildman–Crippen MR) is 116 cm³/mol. The summed E-state index contributed by atoms with van der Waals surface area (Å²) in [6.45, 7) is 6.95. The normalized spacial score (nSPS) is 16.9. The van der Waals surface area contributed by atoms with E-state index < -0.39 is 0 Å². The lowest BCUT2D eigenvalue weighted by atomic mass is 9.87. The molecule has 1 amide bonds. The molecule has 1 atom stereocenters. The summed E-state index contributed by atoms with van der Waals surface area (Å²) in [5, 5.41) is 4.67. The first-order valence-corrected chi connectivity index (χ1v) is 10.2. The third-order valence-electron chi connectivity index (χ3n) is 5.36. The van der Waals surface area contributed by atoms with Crippen LogP contribution in [0.1, 0.15) is 44.6 Å². The lowest BCUT2D eigenvalue weighted by Gasteiger charge is -2.19. The van der Waals surface area contributed by atoms with Gasteiger partial charge < -0.3 is 14.2 Å². The van der Waals surface area contributed by atoms with E-state index in [1.54, 1.807) is 30.2 Å². The fourth-order valence-corrected chi connectivity index (χ4v) is 3.78. The number of nitrogens with zero attached hydrogens (tertiary/aromatic N) is 3. The molecule has 1 aliphatic rings. The first-order chi connectivity index (χ1) is 14.3. The van der Waals surface area contributed by atoms with Gasteiger partial charge in [0.25, 0.3) is 0 Å². The number of methoxy groups -OCH3 is 1. The van der Waals surface area contributed by atoms with Gasteiger partial charge in [-0.15, -0.1) is 0 Å². The molecule has 30 heavy (non-hydrogen) atoms. The minimum Gasteiger partial charge on any atom is -0.495 e. The van der Waals surface area contributed by atoms with Crippen molar-refractivity contribution in [3.05, 3.63) is 58.9 Å². The van der Waals surface area contributed by atoms with Crippen molar-refractivity contribution in [3.8, 4) is 17.1 Å². The molecule has 1 fully saturated rings. The van der Waals surface area contributed by atoms with Crippen molar-refractivity contribution in [1.29, 1.82) is 0 Å². The van der Waals surface area contributed by atoms with E-state index in [9.17, 15) is 4.79 Å². The van der Waals surface area contributed by atoms with E-state index in [-0.39, 0.29) is 17.2 Å². The van der Waals surface area contributed by atoms with Crippen LogP contribution in [0.25, 0.3) is 11.4 Å². The molecule has 7 heteroatoms. The van der Waals surface area contributed by atoms with Gasteiger partial charge in [0.15, 0.2) is 0 Å². The Hall–Kier alpha value is -2.86. The van der Waals surface area contributed by atoms with Crippen molar-refractivity contribution < 1.29 is 14.1 Å². The molecular formula is C23H24ClN3O3. The highest BCUT2D eigenvalue weighted by molar-refractivity contribution is 6.31. The zero-order valence-corrected chi connectivity index (χ0v) is 18.2. The van der Waals surface area contributed by atoms with Crippen LogP contribution in [0, 0.1) is 0 Å². The van der Waals surface area contributed by atoms with Gasteiger partial charge in [0, 0.05) is 23.6 Å². The maximum Gasteiger partial charge on any atom is 0.232 e. The highest BCUT2D eigenvalue weighted by Gasteiger charge is 2.36. The molecule has 2 heterocycles. The van der Waals surface area contributed by atoms with Crippen LogP contribution in [-0.4, -0.2) is 29.7 Å². The second-order valence-electron chi connectivity index (χ2n) is 8.51. The molecule has 2 aromatic carbocycles. The van der Waals surface area contributed by atoms with E-state index in [0.29, 0.717) is 41.1 Å². The summed E-state index contributed by atoms with van der Waals surface area (Å²) in [4.78, 5) is 18.9. The van der Waals surface area contributed by atoms with Gasteiger partial charge in [-0.1, -0.05) is 61.8 Å². The number of ether oxygens (including phenoxy) is 1. The SMILES string of the molecule is COc1ccc(Cl)cc1N1CC(c2nc(-c3ccc(C(C)(C)C)cc3)no2)CC1=O. The molecule has 1 aromatic heterocycles. The lowest BCUT2D eigenvalue weighted by molar-refractivity contribution is -0.117. The fraction of sp³-hybridized carbons (Fsp3) is 0.348. The molecule has 0 N–H and O–H groups in total. The van der Waals surface area contributed by atoms with Crippen LogP contribution in [0.3, 0.4) is 0 Å². The van der Waals surface area contributed by atoms with Crippen LogP contribution in [0.15, 0.2) is 47.0 Å². The molecule has 0 spiro atoms. The molecule has 0 radical (unpaired) electrons. The molecule has 156 valence electrons. The maximum absolute atomic E-state index is 12.7. The minimum absolute atomic E-state index is 0.0325. The van der Waals surface area contributed by atoms with Gasteiger partial charge in [-0.05, 0) is 29.2 Å². The summed E-state index contributed by atoms with van der Waals surface area (Å²) in [5.74, 6) is 1.36. The first kappa shape index (κ1) is 20.4. The summed E-state index contributed by atoms with van der Waals surface area (Å²) < 4.78 is 10.9.